The van der Waals surface area contributed by atoms with E-state index in [4.69, 9.17) is 11.6 Å². The monoisotopic (exact) mass is 288 g/mol. The summed E-state index contributed by atoms with van der Waals surface area (Å²) in [5, 5.41) is 4.20. The van der Waals surface area contributed by atoms with Gasteiger partial charge in [-0.05, 0) is 43.1 Å². The maximum Gasteiger partial charge on any atom is 0.0705 e. The summed E-state index contributed by atoms with van der Waals surface area (Å²) in [6.07, 6.45) is 0. The van der Waals surface area contributed by atoms with E-state index >= 15 is 0 Å². The van der Waals surface area contributed by atoms with E-state index in [1.165, 1.54) is 5.56 Å². The molecule has 2 nitrogen and oxygen atoms in total. The summed E-state index contributed by atoms with van der Waals surface area (Å²) < 4.78 is 0. The lowest BCUT2D eigenvalue weighted by atomic mass is 10.1. The fourth-order valence-corrected chi connectivity index (χ4v) is 2.18. The van der Waals surface area contributed by atoms with Crippen molar-refractivity contribution in [3.63, 3.8) is 0 Å². The third-order valence-electron chi connectivity index (χ3n) is 3.20. The van der Waals surface area contributed by atoms with E-state index in [0.29, 0.717) is 5.92 Å². The number of aryl methyl sites for hydroxylation is 1. The summed E-state index contributed by atoms with van der Waals surface area (Å²) in [6.45, 7) is 8.38. The Morgan fingerprint density at radius 2 is 1.80 bits per heavy atom. The molecule has 0 bridgehead atoms. The Labute approximate surface area is 126 Å². The molecule has 1 heterocycles. The number of halogens is 1. The third-order valence-corrected chi connectivity index (χ3v) is 3.46. The van der Waals surface area contributed by atoms with E-state index in [0.717, 1.165) is 35.1 Å². The van der Waals surface area contributed by atoms with Crippen molar-refractivity contribution in [2.24, 2.45) is 5.92 Å². The second-order valence-electron chi connectivity index (χ2n) is 5.47. The Kier molecular flexibility index (Phi) is 5.16. The van der Waals surface area contributed by atoms with Gasteiger partial charge in [0.2, 0.25) is 0 Å². The lowest BCUT2D eigenvalue weighted by Gasteiger charge is -2.10. The molecule has 2 aromatic rings. The van der Waals surface area contributed by atoms with Gasteiger partial charge >= 0.3 is 0 Å². The second kappa shape index (κ2) is 6.87. The van der Waals surface area contributed by atoms with E-state index in [1.54, 1.807) is 0 Å². The molecule has 0 saturated carbocycles. The van der Waals surface area contributed by atoms with E-state index in [2.05, 4.69) is 43.2 Å². The predicted molar refractivity (Wildman–Crippen MR) is 86.0 cm³/mol. The molecule has 2 rings (SSSR count). The number of pyridine rings is 1. The van der Waals surface area contributed by atoms with Crippen LogP contribution >= 0.6 is 11.6 Å². The quantitative estimate of drug-likeness (QED) is 0.879. The van der Waals surface area contributed by atoms with Crippen LogP contribution in [0.4, 0.5) is 0 Å². The standard InChI is InChI=1S/C17H21ClN2/c1-12(2)10-19-11-15-6-9-17(20-13(15)3)14-4-7-16(18)8-5-14/h4-9,12,19H,10-11H2,1-3H3. The summed E-state index contributed by atoms with van der Waals surface area (Å²) in [7, 11) is 0. The minimum Gasteiger partial charge on any atom is -0.312 e. The lowest BCUT2D eigenvalue weighted by molar-refractivity contribution is 0.551. The number of aromatic nitrogens is 1. The van der Waals surface area contributed by atoms with Crippen molar-refractivity contribution in [2.75, 3.05) is 6.54 Å². The lowest BCUT2D eigenvalue weighted by Crippen LogP contribution is -2.19. The van der Waals surface area contributed by atoms with Gasteiger partial charge in [0.15, 0.2) is 0 Å². The number of benzene rings is 1. The molecule has 0 aliphatic rings. The van der Waals surface area contributed by atoms with Crippen molar-refractivity contribution in [1.29, 1.82) is 0 Å². The summed E-state index contributed by atoms with van der Waals surface area (Å²) in [5.74, 6) is 0.664. The summed E-state index contributed by atoms with van der Waals surface area (Å²) >= 11 is 5.91. The fourth-order valence-electron chi connectivity index (χ4n) is 2.05. The minimum atomic E-state index is 0.664. The first kappa shape index (κ1) is 15.0. The normalized spacial score (nSPS) is 11.1. The van der Waals surface area contributed by atoms with Crippen LogP contribution < -0.4 is 5.32 Å². The third kappa shape index (κ3) is 4.06. The molecule has 0 saturated heterocycles. The molecule has 0 unspecified atom stereocenters. The number of nitrogens with zero attached hydrogens (tertiary/aromatic N) is 1. The highest BCUT2D eigenvalue weighted by molar-refractivity contribution is 6.30. The maximum absolute atomic E-state index is 5.91. The average Bonchev–Trinajstić information content (AvgIpc) is 2.41. The highest BCUT2D eigenvalue weighted by Crippen LogP contribution is 2.21. The van der Waals surface area contributed by atoms with Crippen LogP contribution in [0.3, 0.4) is 0 Å². The molecule has 1 aromatic carbocycles. The first-order chi connectivity index (χ1) is 9.56. The zero-order chi connectivity index (χ0) is 14.5. The van der Waals surface area contributed by atoms with Crippen LogP contribution in [0.15, 0.2) is 36.4 Å². The smallest absolute Gasteiger partial charge is 0.0705 e. The molecule has 106 valence electrons. The Morgan fingerprint density at radius 1 is 1.10 bits per heavy atom. The summed E-state index contributed by atoms with van der Waals surface area (Å²) in [6, 6.07) is 12.0. The molecular formula is C17H21ClN2. The Bertz CT molecular complexity index is 562. The Balaban J connectivity index is 2.11. The molecule has 1 aromatic heterocycles. The molecule has 0 amide bonds. The van der Waals surface area contributed by atoms with E-state index in [9.17, 15) is 0 Å². The van der Waals surface area contributed by atoms with Gasteiger partial charge in [-0.1, -0.05) is 43.6 Å². The van der Waals surface area contributed by atoms with Crippen LogP contribution in [0, 0.1) is 12.8 Å². The van der Waals surface area contributed by atoms with Gasteiger partial charge in [0.25, 0.3) is 0 Å². The van der Waals surface area contributed by atoms with Crippen LogP contribution in [0.2, 0.25) is 5.02 Å². The maximum atomic E-state index is 5.91. The van der Waals surface area contributed by atoms with Gasteiger partial charge in [0.1, 0.15) is 0 Å². The minimum absolute atomic E-state index is 0.664. The molecule has 0 aliphatic heterocycles. The van der Waals surface area contributed by atoms with Gasteiger partial charge in [0.05, 0.1) is 5.69 Å². The van der Waals surface area contributed by atoms with E-state index in [-0.39, 0.29) is 0 Å². The van der Waals surface area contributed by atoms with Crippen molar-refractivity contribution in [3.05, 3.63) is 52.7 Å². The van der Waals surface area contributed by atoms with Crippen LogP contribution in [0.5, 0.6) is 0 Å². The molecule has 0 atom stereocenters. The molecule has 3 heteroatoms. The Morgan fingerprint density at radius 3 is 2.40 bits per heavy atom. The van der Waals surface area contributed by atoms with E-state index < -0.39 is 0 Å². The van der Waals surface area contributed by atoms with Crippen LogP contribution in [-0.4, -0.2) is 11.5 Å². The summed E-state index contributed by atoms with van der Waals surface area (Å²) in [4.78, 5) is 4.69. The van der Waals surface area contributed by atoms with Gasteiger partial charge < -0.3 is 5.32 Å². The first-order valence-electron chi connectivity index (χ1n) is 6.99. The molecule has 0 fully saturated rings. The van der Waals surface area contributed by atoms with Gasteiger partial charge in [-0.15, -0.1) is 0 Å². The second-order valence-corrected chi connectivity index (χ2v) is 5.91. The SMILES string of the molecule is Cc1nc(-c2ccc(Cl)cc2)ccc1CNCC(C)C. The van der Waals surface area contributed by atoms with Gasteiger partial charge in [-0.25, -0.2) is 0 Å². The number of hydrogen-bond donors (Lipinski definition) is 1. The first-order valence-corrected chi connectivity index (χ1v) is 7.37. The average molecular weight is 289 g/mol. The predicted octanol–water partition coefficient (Wildman–Crippen LogP) is 4.46. The zero-order valence-corrected chi connectivity index (χ0v) is 13.0. The Hall–Kier alpha value is -1.38. The topological polar surface area (TPSA) is 24.9 Å². The van der Waals surface area contributed by atoms with Crippen LogP contribution in [0.25, 0.3) is 11.3 Å². The highest BCUT2D eigenvalue weighted by atomic mass is 35.5. The fraction of sp³-hybridized carbons (Fsp3) is 0.353. The number of nitrogens with one attached hydrogen (secondary N) is 1. The zero-order valence-electron chi connectivity index (χ0n) is 12.3. The van der Waals surface area contributed by atoms with E-state index in [1.807, 2.05) is 24.3 Å². The van der Waals surface area contributed by atoms with Gasteiger partial charge in [0, 0.05) is 22.8 Å². The van der Waals surface area contributed by atoms with Crippen molar-refractivity contribution < 1.29 is 0 Å². The number of rotatable bonds is 5. The van der Waals surface area contributed by atoms with Crippen LogP contribution in [0.1, 0.15) is 25.1 Å². The van der Waals surface area contributed by atoms with Gasteiger partial charge in [-0.2, -0.15) is 0 Å². The molecule has 20 heavy (non-hydrogen) atoms. The summed E-state index contributed by atoms with van der Waals surface area (Å²) in [5.41, 5.74) is 4.42. The largest absolute Gasteiger partial charge is 0.312 e. The van der Waals surface area contributed by atoms with Crippen molar-refractivity contribution >= 4 is 11.6 Å². The molecule has 1 N–H and O–H groups in total. The van der Waals surface area contributed by atoms with Gasteiger partial charge in [-0.3, -0.25) is 4.98 Å². The molecular weight excluding hydrogens is 268 g/mol. The van der Waals surface area contributed by atoms with Crippen molar-refractivity contribution in [3.8, 4) is 11.3 Å². The molecule has 0 radical (unpaired) electrons. The van der Waals surface area contributed by atoms with Crippen molar-refractivity contribution in [2.45, 2.75) is 27.3 Å². The number of hydrogen-bond acceptors (Lipinski definition) is 2. The molecule has 0 aliphatic carbocycles. The highest BCUT2D eigenvalue weighted by Gasteiger charge is 2.04. The molecule has 0 spiro atoms. The van der Waals surface area contributed by atoms with Crippen LogP contribution in [-0.2, 0) is 6.54 Å². The van der Waals surface area contributed by atoms with Crippen molar-refractivity contribution in [1.82, 2.24) is 10.3 Å².